The number of para-hydroxylation sites is 4. The van der Waals surface area contributed by atoms with Gasteiger partial charge >= 0.3 is 5.69 Å². The fourth-order valence-electron chi connectivity index (χ4n) is 3.87. The Hall–Kier alpha value is -4.24. The SMILES string of the molecule is COc1ccccc1C(=O)n1c(=O)n(S(=O)(=O)c2cccc3cccnc23)c2ccccc21. The van der Waals surface area contributed by atoms with Gasteiger partial charge in [0.1, 0.15) is 10.6 Å². The number of fused-ring (bicyclic) bond motifs is 2. The van der Waals surface area contributed by atoms with Gasteiger partial charge in [0.15, 0.2) is 0 Å². The van der Waals surface area contributed by atoms with E-state index in [9.17, 15) is 18.0 Å². The van der Waals surface area contributed by atoms with Crippen LogP contribution in [0.4, 0.5) is 0 Å². The quantitative estimate of drug-likeness (QED) is 0.409. The molecular weight excluding hydrogens is 442 g/mol. The highest BCUT2D eigenvalue weighted by molar-refractivity contribution is 7.90. The molecule has 0 fully saturated rings. The van der Waals surface area contributed by atoms with Crippen LogP contribution in [0.1, 0.15) is 10.4 Å². The van der Waals surface area contributed by atoms with Gasteiger partial charge in [-0.2, -0.15) is 3.97 Å². The Balaban J connectivity index is 1.82. The van der Waals surface area contributed by atoms with E-state index in [2.05, 4.69) is 4.98 Å². The van der Waals surface area contributed by atoms with E-state index in [1.165, 1.54) is 37.6 Å². The second kappa shape index (κ2) is 7.72. The number of rotatable bonds is 4. The summed E-state index contributed by atoms with van der Waals surface area (Å²) in [5.74, 6) is -0.425. The first-order valence-electron chi connectivity index (χ1n) is 9.94. The first kappa shape index (κ1) is 20.7. The summed E-state index contributed by atoms with van der Waals surface area (Å²) in [6.45, 7) is 0. The number of nitrogens with zero attached hydrogens (tertiary/aromatic N) is 3. The maximum absolute atomic E-state index is 13.8. The largest absolute Gasteiger partial charge is 0.496 e. The molecule has 164 valence electrons. The van der Waals surface area contributed by atoms with Crippen LogP contribution >= 0.6 is 0 Å². The molecule has 0 saturated carbocycles. The molecule has 0 amide bonds. The lowest BCUT2D eigenvalue weighted by molar-refractivity contribution is 0.0958. The summed E-state index contributed by atoms with van der Waals surface area (Å²) in [5.41, 5.74) is -0.386. The third-order valence-electron chi connectivity index (χ3n) is 5.36. The molecule has 0 radical (unpaired) electrons. The highest BCUT2D eigenvalue weighted by Crippen LogP contribution is 2.26. The summed E-state index contributed by atoms with van der Waals surface area (Å²) in [4.78, 5) is 31.0. The van der Waals surface area contributed by atoms with Crippen LogP contribution in [0.25, 0.3) is 21.9 Å². The van der Waals surface area contributed by atoms with Crippen LogP contribution in [0.3, 0.4) is 0 Å². The molecule has 0 atom stereocenters. The predicted molar refractivity (Wildman–Crippen MR) is 123 cm³/mol. The second-order valence-electron chi connectivity index (χ2n) is 7.21. The minimum absolute atomic E-state index is 0.0821. The van der Waals surface area contributed by atoms with E-state index in [4.69, 9.17) is 4.74 Å². The Morgan fingerprint density at radius 2 is 1.58 bits per heavy atom. The van der Waals surface area contributed by atoms with Crippen molar-refractivity contribution < 1.29 is 17.9 Å². The van der Waals surface area contributed by atoms with Crippen molar-refractivity contribution in [3.05, 3.63) is 101 Å². The van der Waals surface area contributed by atoms with E-state index in [1.54, 1.807) is 54.6 Å². The van der Waals surface area contributed by atoms with Crippen LogP contribution in [0.2, 0.25) is 0 Å². The van der Waals surface area contributed by atoms with Crippen LogP contribution in [-0.2, 0) is 10.0 Å². The number of pyridine rings is 1. The number of carbonyl (C=O) groups excluding carboxylic acids is 1. The van der Waals surface area contributed by atoms with Gasteiger partial charge in [0.25, 0.3) is 15.9 Å². The normalized spacial score (nSPS) is 11.7. The lowest BCUT2D eigenvalue weighted by atomic mass is 10.2. The Morgan fingerprint density at radius 1 is 0.879 bits per heavy atom. The standard InChI is InChI=1S/C24H17N3O5S/c1-32-20-13-5-2-10-17(20)23(28)26-18-11-3-4-12-19(18)27(24(26)29)33(30,31)21-14-6-8-16-9-7-15-25-22(16)21/h2-15H,1H3. The molecule has 0 unspecified atom stereocenters. The number of ether oxygens (including phenoxy) is 1. The van der Waals surface area contributed by atoms with Crippen molar-refractivity contribution in [2.75, 3.05) is 7.11 Å². The highest BCUT2D eigenvalue weighted by Gasteiger charge is 2.30. The Labute approximate surface area is 188 Å². The predicted octanol–water partition coefficient (Wildman–Crippen LogP) is 3.29. The van der Waals surface area contributed by atoms with Crippen molar-refractivity contribution in [2.24, 2.45) is 0 Å². The van der Waals surface area contributed by atoms with Gasteiger partial charge in [-0.05, 0) is 36.4 Å². The molecule has 0 aliphatic heterocycles. The molecule has 0 bridgehead atoms. The molecule has 0 N–H and O–H groups in total. The summed E-state index contributed by atoms with van der Waals surface area (Å²) in [7, 11) is -2.98. The van der Waals surface area contributed by atoms with Crippen molar-refractivity contribution in [2.45, 2.75) is 4.90 Å². The Morgan fingerprint density at radius 3 is 2.36 bits per heavy atom. The van der Waals surface area contributed by atoms with Crippen molar-refractivity contribution >= 4 is 37.9 Å². The van der Waals surface area contributed by atoms with Crippen LogP contribution in [-0.4, -0.2) is 35.0 Å². The maximum atomic E-state index is 13.8. The first-order chi connectivity index (χ1) is 15.9. The average molecular weight is 459 g/mol. The summed E-state index contributed by atoms with van der Waals surface area (Å²) >= 11 is 0. The van der Waals surface area contributed by atoms with E-state index < -0.39 is 21.6 Å². The molecule has 2 heterocycles. The van der Waals surface area contributed by atoms with Crippen molar-refractivity contribution in [3.63, 3.8) is 0 Å². The monoisotopic (exact) mass is 459 g/mol. The molecule has 0 aliphatic rings. The number of carbonyl (C=O) groups is 1. The third kappa shape index (κ3) is 3.13. The van der Waals surface area contributed by atoms with E-state index in [1.807, 2.05) is 0 Å². The third-order valence-corrected chi connectivity index (χ3v) is 7.08. The topological polar surface area (TPSA) is 100 Å². The first-order valence-corrected chi connectivity index (χ1v) is 11.4. The minimum atomic E-state index is -4.40. The van der Waals surface area contributed by atoms with Gasteiger partial charge in [-0.25, -0.2) is 17.8 Å². The van der Waals surface area contributed by atoms with Crippen LogP contribution in [0.5, 0.6) is 5.75 Å². The Kier molecular flexibility index (Phi) is 4.83. The second-order valence-corrected chi connectivity index (χ2v) is 8.97. The number of hydrogen-bond donors (Lipinski definition) is 0. The zero-order chi connectivity index (χ0) is 23.2. The molecule has 8 nitrogen and oxygen atoms in total. The smallest absolute Gasteiger partial charge is 0.350 e. The summed E-state index contributed by atoms with van der Waals surface area (Å²) < 4.78 is 34.3. The molecule has 33 heavy (non-hydrogen) atoms. The minimum Gasteiger partial charge on any atom is -0.496 e. The molecule has 0 saturated heterocycles. The number of imidazole rings is 1. The fraction of sp³-hybridized carbons (Fsp3) is 0.0417. The van der Waals surface area contributed by atoms with Crippen molar-refractivity contribution in [3.8, 4) is 5.75 Å². The van der Waals surface area contributed by atoms with Crippen LogP contribution in [0, 0.1) is 0 Å². The van der Waals surface area contributed by atoms with Gasteiger partial charge in [-0.1, -0.05) is 42.5 Å². The fourth-order valence-corrected chi connectivity index (χ4v) is 5.44. The molecule has 5 aromatic rings. The Bertz CT molecular complexity index is 1710. The van der Waals surface area contributed by atoms with Gasteiger partial charge < -0.3 is 4.74 Å². The summed E-state index contributed by atoms with van der Waals surface area (Å²) in [6.07, 6.45) is 1.48. The van der Waals surface area contributed by atoms with Crippen LogP contribution in [0.15, 0.2) is 94.7 Å². The van der Waals surface area contributed by atoms with E-state index in [0.717, 1.165) is 4.57 Å². The lowest BCUT2D eigenvalue weighted by Gasteiger charge is -2.08. The van der Waals surface area contributed by atoms with Gasteiger partial charge in [-0.15, -0.1) is 0 Å². The lowest BCUT2D eigenvalue weighted by Crippen LogP contribution is -2.33. The number of aromatic nitrogens is 3. The molecular formula is C24H17N3O5S. The summed E-state index contributed by atoms with van der Waals surface area (Å²) in [6, 6.07) is 20.8. The van der Waals surface area contributed by atoms with Crippen LogP contribution < -0.4 is 10.4 Å². The molecule has 5 rings (SSSR count). The zero-order valence-corrected chi connectivity index (χ0v) is 18.2. The molecule has 0 spiro atoms. The molecule has 2 aromatic heterocycles. The number of methoxy groups -OCH3 is 1. The van der Waals surface area contributed by atoms with E-state index in [-0.39, 0.29) is 32.8 Å². The number of hydrogen-bond acceptors (Lipinski definition) is 6. The average Bonchev–Trinajstić information content (AvgIpc) is 3.15. The highest BCUT2D eigenvalue weighted by atomic mass is 32.2. The zero-order valence-electron chi connectivity index (χ0n) is 17.4. The molecule has 9 heteroatoms. The van der Waals surface area contributed by atoms with E-state index >= 15 is 0 Å². The van der Waals surface area contributed by atoms with Gasteiger partial charge in [0.05, 0.1) is 29.2 Å². The van der Waals surface area contributed by atoms with Gasteiger partial charge in [-0.3, -0.25) is 9.78 Å². The van der Waals surface area contributed by atoms with E-state index in [0.29, 0.717) is 9.36 Å². The number of benzene rings is 3. The summed E-state index contributed by atoms with van der Waals surface area (Å²) in [5, 5.41) is 0.612. The molecule has 0 aliphatic carbocycles. The maximum Gasteiger partial charge on any atom is 0.350 e. The van der Waals surface area contributed by atoms with Gasteiger partial charge in [0, 0.05) is 11.6 Å². The van der Waals surface area contributed by atoms with Crippen molar-refractivity contribution in [1.29, 1.82) is 0 Å². The van der Waals surface area contributed by atoms with Crippen molar-refractivity contribution in [1.82, 2.24) is 13.5 Å². The van der Waals surface area contributed by atoms with Gasteiger partial charge in [0.2, 0.25) is 0 Å². The molecule has 3 aromatic carbocycles.